The van der Waals surface area contributed by atoms with Crippen molar-refractivity contribution >= 4 is 17.5 Å². The summed E-state index contributed by atoms with van der Waals surface area (Å²) >= 11 is 0. The largest absolute Gasteiger partial charge is 0.343 e. The van der Waals surface area contributed by atoms with Crippen molar-refractivity contribution in [3.05, 3.63) is 65.2 Å². The molecule has 2 heterocycles. The van der Waals surface area contributed by atoms with Crippen molar-refractivity contribution in [3.8, 4) is 0 Å². The summed E-state index contributed by atoms with van der Waals surface area (Å²) in [4.78, 5) is 26.7. The van der Waals surface area contributed by atoms with Crippen LogP contribution < -0.4 is 5.32 Å². The number of anilines is 1. The molecule has 0 unspecified atom stereocenters. The Kier molecular flexibility index (Phi) is 5.75. The summed E-state index contributed by atoms with van der Waals surface area (Å²) in [5.41, 5.74) is 4.55. The van der Waals surface area contributed by atoms with Gasteiger partial charge >= 0.3 is 0 Å². The zero-order valence-corrected chi connectivity index (χ0v) is 16.3. The standard InChI is InChI=1S/C24H28N2O2/c27-23-12-10-20-16-19(9-11-22(20)25-23)21(15-18-7-3-1-4-8-18)17-24(28)26-13-5-2-6-14-26/h1,3-4,7-9,11,16,21H,2,5-6,10,12-15,17H2,(H,25,27)/t21-/m0/s1. The summed E-state index contributed by atoms with van der Waals surface area (Å²) in [6, 6.07) is 16.7. The number of aryl methyl sites for hydroxylation is 1. The van der Waals surface area contributed by atoms with Gasteiger partial charge in [0.05, 0.1) is 0 Å². The van der Waals surface area contributed by atoms with Crippen LogP contribution in [0.5, 0.6) is 0 Å². The number of hydrogen-bond acceptors (Lipinski definition) is 2. The molecular formula is C24H28N2O2. The number of benzene rings is 2. The average molecular weight is 376 g/mol. The molecule has 2 aromatic rings. The van der Waals surface area contributed by atoms with E-state index in [0.29, 0.717) is 12.8 Å². The summed E-state index contributed by atoms with van der Waals surface area (Å²) in [5, 5.41) is 2.95. The fourth-order valence-electron chi connectivity index (χ4n) is 4.35. The van der Waals surface area contributed by atoms with Crippen LogP contribution >= 0.6 is 0 Å². The molecule has 0 aromatic heterocycles. The molecule has 1 N–H and O–H groups in total. The van der Waals surface area contributed by atoms with Gasteiger partial charge in [0.15, 0.2) is 0 Å². The number of carbonyl (C=O) groups excluding carboxylic acids is 2. The van der Waals surface area contributed by atoms with Crippen molar-refractivity contribution in [1.82, 2.24) is 4.90 Å². The fourth-order valence-corrected chi connectivity index (χ4v) is 4.35. The molecule has 1 fully saturated rings. The van der Waals surface area contributed by atoms with Gasteiger partial charge in [-0.1, -0.05) is 42.5 Å². The molecule has 4 nitrogen and oxygen atoms in total. The molecule has 2 amide bonds. The smallest absolute Gasteiger partial charge is 0.224 e. The number of hydrogen-bond donors (Lipinski definition) is 1. The molecule has 2 aliphatic heterocycles. The van der Waals surface area contributed by atoms with E-state index in [2.05, 4.69) is 41.7 Å². The van der Waals surface area contributed by atoms with Crippen molar-refractivity contribution in [2.45, 2.75) is 50.9 Å². The van der Waals surface area contributed by atoms with Gasteiger partial charge in [-0.15, -0.1) is 0 Å². The molecule has 0 spiro atoms. The van der Waals surface area contributed by atoms with Gasteiger partial charge in [-0.2, -0.15) is 0 Å². The van der Waals surface area contributed by atoms with Crippen LogP contribution in [-0.2, 0) is 22.4 Å². The first-order chi connectivity index (χ1) is 13.7. The molecule has 4 rings (SSSR count). The van der Waals surface area contributed by atoms with Crippen LogP contribution in [0, 0.1) is 0 Å². The lowest BCUT2D eigenvalue weighted by Crippen LogP contribution is -2.36. The first kappa shape index (κ1) is 18.7. The van der Waals surface area contributed by atoms with E-state index in [9.17, 15) is 9.59 Å². The van der Waals surface area contributed by atoms with Crippen molar-refractivity contribution in [1.29, 1.82) is 0 Å². The topological polar surface area (TPSA) is 49.4 Å². The summed E-state index contributed by atoms with van der Waals surface area (Å²) in [6.45, 7) is 1.79. The van der Waals surface area contributed by atoms with E-state index in [1.54, 1.807) is 0 Å². The van der Waals surface area contributed by atoms with Crippen molar-refractivity contribution in [2.24, 2.45) is 0 Å². The number of piperidine rings is 1. The van der Waals surface area contributed by atoms with Crippen LogP contribution in [0.4, 0.5) is 5.69 Å². The van der Waals surface area contributed by atoms with Gasteiger partial charge in [-0.3, -0.25) is 9.59 Å². The molecule has 0 radical (unpaired) electrons. The SMILES string of the molecule is O=C1CCc2cc([C@H](CC(=O)N3CCCCC3)Cc3ccccc3)ccc2N1. The van der Waals surface area contributed by atoms with Crippen LogP contribution in [0.3, 0.4) is 0 Å². The second-order valence-corrected chi connectivity index (χ2v) is 8.00. The third-order valence-electron chi connectivity index (χ3n) is 5.95. The van der Waals surface area contributed by atoms with E-state index >= 15 is 0 Å². The Labute approximate surface area is 166 Å². The second-order valence-electron chi connectivity index (χ2n) is 8.00. The van der Waals surface area contributed by atoms with E-state index in [1.165, 1.54) is 23.1 Å². The van der Waals surface area contributed by atoms with Crippen molar-refractivity contribution in [3.63, 3.8) is 0 Å². The summed E-state index contributed by atoms with van der Waals surface area (Å²) < 4.78 is 0. The van der Waals surface area contributed by atoms with Crippen molar-refractivity contribution < 1.29 is 9.59 Å². The predicted octanol–water partition coefficient (Wildman–Crippen LogP) is 4.30. The first-order valence-electron chi connectivity index (χ1n) is 10.4. The van der Waals surface area contributed by atoms with Gasteiger partial charge in [-0.05, 0) is 60.8 Å². The molecule has 0 aliphatic carbocycles. The minimum absolute atomic E-state index is 0.0846. The van der Waals surface area contributed by atoms with Crippen LogP contribution in [0.2, 0.25) is 0 Å². The molecule has 28 heavy (non-hydrogen) atoms. The van der Waals surface area contributed by atoms with Gasteiger partial charge in [0.2, 0.25) is 11.8 Å². The lowest BCUT2D eigenvalue weighted by atomic mass is 9.86. The number of amides is 2. The van der Waals surface area contributed by atoms with Crippen LogP contribution in [0.25, 0.3) is 0 Å². The van der Waals surface area contributed by atoms with E-state index in [-0.39, 0.29) is 17.7 Å². The molecule has 146 valence electrons. The van der Waals surface area contributed by atoms with Crippen LogP contribution in [0.1, 0.15) is 54.7 Å². The van der Waals surface area contributed by atoms with E-state index in [1.807, 2.05) is 17.0 Å². The number of fused-ring (bicyclic) bond motifs is 1. The Bertz CT molecular complexity index is 841. The highest BCUT2D eigenvalue weighted by Crippen LogP contribution is 2.31. The summed E-state index contributed by atoms with van der Waals surface area (Å²) in [5.74, 6) is 0.507. The maximum atomic E-state index is 13.0. The van der Waals surface area contributed by atoms with Gasteiger partial charge in [0.1, 0.15) is 0 Å². The maximum Gasteiger partial charge on any atom is 0.224 e. The zero-order valence-electron chi connectivity index (χ0n) is 16.3. The second kappa shape index (κ2) is 8.59. The lowest BCUT2D eigenvalue weighted by molar-refractivity contribution is -0.132. The van der Waals surface area contributed by atoms with Gasteiger partial charge < -0.3 is 10.2 Å². The number of carbonyl (C=O) groups is 2. The zero-order chi connectivity index (χ0) is 19.3. The first-order valence-corrected chi connectivity index (χ1v) is 10.4. The van der Waals surface area contributed by atoms with E-state index < -0.39 is 0 Å². The Morgan fingerprint density at radius 2 is 1.79 bits per heavy atom. The molecule has 0 bridgehead atoms. The summed E-state index contributed by atoms with van der Waals surface area (Å²) in [7, 11) is 0. The van der Waals surface area contributed by atoms with Crippen LogP contribution in [-0.4, -0.2) is 29.8 Å². The highest BCUT2D eigenvalue weighted by Gasteiger charge is 2.24. The van der Waals surface area contributed by atoms with Crippen LogP contribution in [0.15, 0.2) is 48.5 Å². The lowest BCUT2D eigenvalue weighted by Gasteiger charge is -2.29. The Morgan fingerprint density at radius 3 is 2.57 bits per heavy atom. The van der Waals surface area contributed by atoms with E-state index in [4.69, 9.17) is 0 Å². The minimum atomic E-state index is 0.0846. The molecule has 2 aliphatic rings. The summed E-state index contributed by atoms with van der Waals surface area (Å²) in [6.07, 6.45) is 6.17. The van der Waals surface area contributed by atoms with E-state index in [0.717, 1.165) is 44.5 Å². The normalized spacial score (nSPS) is 17.6. The molecule has 1 atom stereocenters. The Morgan fingerprint density at radius 1 is 1.00 bits per heavy atom. The van der Waals surface area contributed by atoms with Gasteiger partial charge in [0, 0.05) is 31.6 Å². The number of rotatable bonds is 5. The molecule has 0 saturated carbocycles. The third-order valence-corrected chi connectivity index (χ3v) is 5.95. The van der Waals surface area contributed by atoms with Gasteiger partial charge in [0.25, 0.3) is 0 Å². The predicted molar refractivity (Wildman–Crippen MR) is 111 cm³/mol. The number of nitrogens with zero attached hydrogens (tertiary/aromatic N) is 1. The van der Waals surface area contributed by atoms with Gasteiger partial charge in [-0.25, -0.2) is 0 Å². The number of nitrogens with one attached hydrogen (secondary N) is 1. The molecule has 4 heteroatoms. The number of likely N-dealkylation sites (tertiary alicyclic amines) is 1. The monoisotopic (exact) mass is 376 g/mol. The fraction of sp³-hybridized carbons (Fsp3) is 0.417. The maximum absolute atomic E-state index is 13.0. The Hall–Kier alpha value is -2.62. The molecule has 2 aromatic carbocycles. The van der Waals surface area contributed by atoms with Crippen molar-refractivity contribution in [2.75, 3.05) is 18.4 Å². The average Bonchev–Trinajstić information content (AvgIpc) is 2.74. The minimum Gasteiger partial charge on any atom is -0.343 e. The quantitative estimate of drug-likeness (QED) is 0.846. The highest BCUT2D eigenvalue weighted by atomic mass is 16.2. The Balaban J connectivity index is 1.57. The third kappa shape index (κ3) is 4.44. The molecular weight excluding hydrogens is 348 g/mol. The highest BCUT2D eigenvalue weighted by molar-refractivity contribution is 5.93. The molecule has 1 saturated heterocycles.